The number of hydrogen-bond donors (Lipinski definition) is 1. The van der Waals surface area contributed by atoms with Crippen molar-refractivity contribution in [1.82, 2.24) is 4.90 Å². The lowest BCUT2D eigenvalue weighted by Gasteiger charge is -2.34. The molecule has 0 aromatic heterocycles. The number of rotatable bonds is 3. The van der Waals surface area contributed by atoms with Gasteiger partial charge >= 0.3 is 0 Å². The van der Waals surface area contributed by atoms with Crippen molar-refractivity contribution in [3.8, 4) is 0 Å². The van der Waals surface area contributed by atoms with E-state index < -0.39 is 0 Å². The van der Waals surface area contributed by atoms with Gasteiger partial charge in [0.2, 0.25) is 0 Å². The maximum Gasteiger partial charge on any atom is 0.0122 e. The van der Waals surface area contributed by atoms with E-state index in [1.54, 1.807) is 0 Å². The SMILES string of the molecule is CN(CC1(CN)CC1)C(C)(C)C. The normalized spacial score (nSPS) is 21.5. The molecular formula is C10H22N2. The van der Waals surface area contributed by atoms with E-state index in [2.05, 4.69) is 32.7 Å². The molecule has 1 saturated carbocycles. The van der Waals surface area contributed by atoms with Gasteiger partial charge in [-0.25, -0.2) is 0 Å². The zero-order valence-corrected chi connectivity index (χ0v) is 8.85. The molecule has 0 aromatic carbocycles. The van der Waals surface area contributed by atoms with Gasteiger partial charge < -0.3 is 10.6 Å². The quantitative estimate of drug-likeness (QED) is 0.694. The molecule has 0 radical (unpaired) electrons. The molecule has 0 aromatic rings. The molecular weight excluding hydrogens is 148 g/mol. The Hall–Kier alpha value is -0.0800. The van der Waals surface area contributed by atoms with Crippen molar-refractivity contribution in [1.29, 1.82) is 0 Å². The Morgan fingerprint density at radius 1 is 1.33 bits per heavy atom. The summed E-state index contributed by atoms with van der Waals surface area (Å²) in [5, 5.41) is 0. The number of nitrogens with two attached hydrogens (primary N) is 1. The fourth-order valence-corrected chi connectivity index (χ4v) is 1.34. The van der Waals surface area contributed by atoms with Crippen LogP contribution in [0.1, 0.15) is 33.6 Å². The van der Waals surface area contributed by atoms with Crippen LogP contribution in [0.3, 0.4) is 0 Å². The molecule has 1 rings (SSSR count). The van der Waals surface area contributed by atoms with Crippen LogP contribution in [0.15, 0.2) is 0 Å². The zero-order chi connectivity index (χ0) is 9.41. The minimum absolute atomic E-state index is 0.282. The molecule has 2 heteroatoms. The van der Waals surface area contributed by atoms with Crippen LogP contribution in [0.2, 0.25) is 0 Å². The molecule has 2 nitrogen and oxygen atoms in total. The van der Waals surface area contributed by atoms with E-state index >= 15 is 0 Å². The highest BCUT2D eigenvalue weighted by Gasteiger charge is 2.43. The van der Waals surface area contributed by atoms with Gasteiger partial charge in [0.1, 0.15) is 0 Å². The van der Waals surface area contributed by atoms with E-state index in [-0.39, 0.29) is 5.54 Å². The van der Waals surface area contributed by atoms with Crippen molar-refractivity contribution in [2.24, 2.45) is 11.1 Å². The monoisotopic (exact) mass is 170 g/mol. The van der Waals surface area contributed by atoms with Crippen LogP contribution in [0.4, 0.5) is 0 Å². The summed E-state index contributed by atoms with van der Waals surface area (Å²) in [6.07, 6.45) is 2.65. The first-order chi connectivity index (χ1) is 5.40. The average Bonchev–Trinajstić information content (AvgIpc) is 2.67. The molecule has 0 amide bonds. The first-order valence-corrected chi connectivity index (χ1v) is 4.81. The summed E-state index contributed by atoms with van der Waals surface area (Å²) in [6.45, 7) is 8.76. The van der Waals surface area contributed by atoms with Gasteiger partial charge in [0, 0.05) is 12.1 Å². The van der Waals surface area contributed by atoms with Crippen molar-refractivity contribution in [3.05, 3.63) is 0 Å². The minimum atomic E-state index is 0.282. The Balaban J connectivity index is 2.41. The highest BCUT2D eigenvalue weighted by atomic mass is 15.2. The second-order valence-electron chi connectivity index (χ2n) is 5.23. The summed E-state index contributed by atoms with van der Waals surface area (Å²) in [6, 6.07) is 0. The van der Waals surface area contributed by atoms with Crippen LogP contribution in [0, 0.1) is 5.41 Å². The molecule has 0 spiro atoms. The van der Waals surface area contributed by atoms with Crippen molar-refractivity contribution < 1.29 is 0 Å². The van der Waals surface area contributed by atoms with Gasteiger partial charge in [0.25, 0.3) is 0 Å². The maximum absolute atomic E-state index is 5.73. The van der Waals surface area contributed by atoms with Crippen molar-refractivity contribution in [2.45, 2.75) is 39.2 Å². The lowest BCUT2D eigenvalue weighted by molar-refractivity contribution is 0.143. The summed E-state index contributed by atoms with van der Waals surface area (Å²) in [7, 11) is 2.19. The number of nitrogens with zero attached hydrogens (tertiary/aromatic N) is 1. The Kier molecular flexibility index (Phi) is 2.50. The van der Waals surface area contributed by atoms with Crippen LogP contribution in [0.5, 0.6) is 0 Å². The van der Waals surface area contributed by atoms with Crippen molar-refractivity contribution >= 4 is 0 Å². The molecule has 0 saturated heterocycles. The molecule has 0 heterocycles. The molecule has 0 bridgehead atoms. The lowest BCUT2D eigenvalue weighted by Crippen LogP contribution is -2.43. The first-order valence-electron chi connectivity index (χ1n) is 4.81. The Morgan fingerprint density at radius 2 is 1.83 bits per heavy atom. The minimum Gasteiger partial charge on any atom is -0.330 e. The molecule has 1 fully saturated rings. The van der Waals surface area contributed by atoms with Crippen LogP contribution in [-0.2, 0) is 0 Å². The van der Waals surface area contributed by atoms with E-state index in [1.807, 2.05) is 0 Å². The van der Waals surface area contributed by atoms with E-state index in [0.29, 0.717) is 5.41 Å². The Morgan fingerprint density at radius 3 is 2.08 bits per heavy atom. The fourth-order valence-electron chi connectivity index (χ4n) is 1.34. The summed E-state index contributed by atoms with van der Waals surface area (Å²) < 4.78 is 0. The molecule has 0 aliphatic heterocycles. The second kappa shape index (κ2) is 3.00. The molecule has 0 unspecified atom stereocenters. The van der Waals surface area contributed by atoms with Gasteiger partial charge in [0.15, 0.2) is 0 Å². The number of hydrogen-bond acceptors (Lipinski definition) is 2. The van der Waals surface area contributed by atoms with E-state index in [1.165, 1.54) is 12.8 Å². The summed E-state index contributed by atoms with van der Waals surface area (Å²) in [5.41, 5.74) is 6.49. The Labute approximate surface area is 76.1 Å². The van der Waals surface area contributed by atoms with Crippen LogP contribution >= 0.6 is 0 Å². The van der Waals surface area contributed by atoms with Gasteiger partial charge in [-0.3, -0.25) is 0 Å². The summed E-state index contributed by atoms with van der Waals surface area (Å²) in [5.74, 6) is 0. The van der Waals surface area contributed by atoms with Crippen molar-refractivity contribution in [3.63, 3.8) is 0 Å². The lowest BCUT2D eigenvalue weighted by atomic mass is 10.0. The molecule has 0 atom stereocenters. The third-order valence-corrected chi connectivity index (χ3v) is 3.11. The van der Waals surface area contributed by atoms with Gasteiger partial charge in [0.05, 0.1) is 0 Å². The van der Waals surface area contributed by atoms with Crippen molar-refractivity contribution in [2.75, 3.05) is 20.1 Å². The molecule has 1 aliphatic carbocycles. The third-order valence-electron chi connectivity index (χ3n) is 3.11. The van der Waals surface area contributed by atoms with Gasteiger partial charge in [-0.1, -0.05) is 0 Å². The third kappa shape index (κ3) is 2.20. The zero-order valence-electron chi connectivity index (χ0n) is 8.85. The summed E-state index contributed by atoms with van der Waals surface area (Å²) in [4.78, 5) is 2.41. The molecule has 72 valence electrons. The largest absolute Gasteiger partial charge is 0.330 e. The van der Waals surface area contributed by atoms with Crippen LogP contribution in [-0.4, -0.2) is 30.6 Å². The topological polar surface area (TPSA) is 29.3 Å². The molecule has 2 N–H and O–H groups in total. The van der Waals surface area contributed by atoms with Crippen LogP contribution in [0.25, 0.3) is 0 Å². The predicted octanol–water partition coefficient (Wildman–Crippen LogP) is 1.46. The van der Waals surface area contributed by atoms with Gasteiger partial charge in [-0.15, -0.1) is 0 Å². The Bertz CT molecular complexity index is 154. The smallest absolute Gasteiger partial charge is 0.0122 e. The van der Waals surface area contributed by atoms with E-state index in [0.717, 1.165) is 13.1 Å². The van der Waals surface area contributed by atoms with Crippen LogP contribution < -0.4 is 5.73 Å². The summed E-state index contributed by atoms with van der Waals surface area (Å²) >= 11 is 0. The van der Waals surface area contributed by atoms with Gasteiger partial charge in [-0.2, -0.15) is 0 Å². The molecule has 1 aliphatic rings. The standard InChI is InChI=1S/C10H22N2/c1-9(2,3)12(4)8-10(7-11)5-6-10/h5-8,11H2,1-4H3. The highest BCUT2D eigenvalue weighted by Crippen LogP contribution is 2.45. The maximum atomic E-state index is 5.73. The highest BCUT2D eigenvalue weighted by molar-refractivity contribution is 4.97. The second-order valence-corrected chi connectivity index (χ2v) is 5.23. The fraction of sp³-hybridized carbons (Fsp3) is 1.00. The molecule has 12 heavy (non-hydrogen) atoms. The van der Waals surface area contributed by atoms with E-state index in [9.17, 15) is 0 Å². The first kappa shape index (κ1) is 10.0. The van der Waals surface area contributed by atoms with Gasteiger partial charge in [-0.05, 0) is 52.6 Å². The average molecular weight is 170 g/mol. The van der Waals surface area contributed by atoms with E-state index in [4.69, 9.17) is 5.73 Å². The predicted molar refractivity (Wildman–Crippen MR) is 53.1 cm³/mol.